The molecule has 0 bridgehead atoms. The number of nitrogens with one attached hydrogen (secondary N) is 1. The summed E-state index contributed by atoms with van der Waals surface area (Å²) in [5.41, 5.74) is 2.32. The number of fused-ring (bicyclic) bond motifs is 1. The number of carbonyl (C=O) groups excluding carboxylic acids is 1. The molecule has 0 atom stereocenters. The Morgan fingerprint density at radius 2 is 1.85 bits per heavy atom. The van der Waals surface area contributed by atoms with Crippen molar-refractivity contribution >= 4 is 5.91 Å². The first-order valence-electron chi connectivity index (χ1n) is 8.39. The number of benzene rings is 2. The number of hydrogen-bond acceptors (Lipinski definition) is 5. The summed E-state index contributed by atoms with van der Waals surface area (Å²) in [6, 6.07) is 15.5. The van der Waals surface area contributed by atoms with Crippen molar-refractivity contribution in [2.24, 2.45) is 0 Å². The maximum absolute atomic E-state index is 12.3. The van der Waals surface area contributed by atoms with E-state index >= 15 is 0 Å². The first-order chi connectivity index (χ1) is 12.8. The molecular formula is C19H18N4O3. The third-order valence-corrected chi connectivity index (χ3v) is 4.02. The van der Waals surface area contributed by atoms with Crippen molar-refractivity contribution in [3.63, 3.8) is 0 Å². The van der Waals surface area contributed by atoms with Gasteiger partial charge in [-0.25, -0.2) is 4.68 Å². The Labute approximate surface area is 150 Å². The van der Waals surface area contributed by atoms with Gasteiger partial charge in [0.2, 0.25) is 0 Å². The highest BCUT2D eigenvalue weighted by Gasteiger charge is 2.14. The van der Waals surface area contributed by atoms with E-state index in [4.69, 9.17) is 9.47 Å². The minimum Gasteiger partial charge on any atom is -0.486 e. The molecule has 0 radical (unpaired) electrons. The standard InChI is InChI=1S/C19H18N4O3/c24-19(16-13-23(22-21-16)12-14-4-2-1-3-5-14)20-11-15-6-7-17-18(10-15)26-9-8-25-17/h1-7,10,13H,8-9,11-12H2,(H,20,24). The van der Waals surface area contributed by atoms with Gasteiger partial charge in [0.15, 0.2) is 17.2 Å². The predicted octanol–water partition coefficient (Wildman–Crippen LogP) is 2.03. The maximum atomic E-state index is 12.3. The van der Waals surface area contributed by atoms with Crippen LogP contribution in [0.15, 0.2) is 54.7 Å². The van der Waals surface area contributed by atoms with Crippen molar-refractivity contribution in [2.75, 3.05) is 13.2 Å². The van der Waals surface area contributed by atoms with Crippen molar-refractivity contribution in [3.8, 4) is 11.5 Å². The first-order valence-corrected chi connectivity index (χ1v) is 8.39. The van der Waals surface area contributed by atoms with E-state index in [-0.39, 0.29) is 5.91 Å². The van der Waals surface area contributed by atoms with Crippen LogP contribution in [0.2, 0.25) is 0 Å². The molecule has 4 rings (SSSR count). The fourth-order valence-electron chi connectivity index (χ4n) is 2.72. The maximum Gasteiger partial charge on any atom is 0.273 e. The molecule has 0 saturated heterocycles. The van der Waals surface area contributed by atoms with Gasteiger partial charge >= 0.3 is 0 Å². The second-order valence-corrected chi connectivity index (χ2v) is 5.95. The van der Waals surface area contributed by atoms with Gasteiger partial charge in [0.25, 0.3) is 5.91 Å². The minimum atomic E-state index is -0.265. The van der Waals surface area contributed by atoms with E-state index in [0.29, 0.717) is 37.7 Å². The quantitative estimate of drug-likeness (QED) is 0.762. The Balaban J connectivity index is 1.36. The number of carbonyl (C=O) groups is 1. The molecule has 0 unspecified atom stereocenters. The fraction of sp³-hybridized carbons (Fsp3) is 0.211. The average Bonchev–Trinajstić information content (AvgIpc) is 3.15. The largest absolute Gasteiger partial charge is 0.486 e. The van der Waals surface area contributed by atoms with E-state index in [1.54, 1.807) is 10.9 Å². The lowest BCUT2D eigenvalue weighted by Crippen LogP contribution is -2.23. The Bertz CT molecular complexity index is 908. The summed E-state index contributed by atoms with van der Waals surface area (Å²) < 4.78 is 12.7. The van der Waals surface area contributed by atoms with Crippen LogP contribution in [0.5, 0.6) is 11.5 Å². The van der Waals surface area contributed by atoms with Gasteiger partial charge in [-0.05, 0) is 23.3 Å². The highest BCUT2D eigenvalue weighted by atomic mass is 16.6. The summed E-state index contributed by atoms with van der Waals surface area (Å²) in [6.07, 6.45) is 1.64. The van der Waals surface area contributed by atoms with Gasteiger partial charge in [0.05, 0.1) is 12.7 Å². The molecule has 26 heavy (non-hydrogen) atoms. The molecule has 0 spiro atoms. The smallest absolute Gasteiger partial charge is 0.273 e. The highest BCUT2D eigenvalue weighted by Crippen LogP contribution is 2.30. The minimum absolute atomic E-state index is 0.265. The number of rotatable bonds is 5. The zero-order valence-corrected chi connectivity index (χ0v) is 14.1. The second kappa shape index (κ2) is 7.26. The molecule has 2 heterocycles. The molecule has 132 valence electrons. The summed E-state index contributed by atoms with van der Waals surface area (Å²) in [5, 5.41) is 10.8. The molecular weight excluding hydrogens is 332 g/mol. The summed E-state index contributed by atoms with van der Waals surface area (Å²) >= 11 is 0. The average molecular weight is 350 g/mol. The predicted molar refractivity (Wildman–Crippen MR) is 94.2 cm³/mol. The Morgan fingerprint density at radius 3 is 2.69 bits per heavy atom. The van der Waals surface area contributed by atoms with Gasteiger partial charge in [-0.2, -0.15) is 0 Å². The molecule has 1 aromatic heterocycles. The van der Waals surface area contributed by atoms with Crippen LogP contribution in [0.1, 0.15) is 21.6 Å². The van der Waals surface area contributed by atoms with Crippen molar-refractivity contribution in [1.29, 1.82) is 0 Å². The van der Waals surface area contributed by atoms with Crippen LogP contribution in [0.3, 0.4) is 0 Å². The van der Waals surface area contributed by atoms with Crippen LogP contribution < -0.4 is 14.8 Å². The van der Waals surface area contributed by atoms with E-state index in [1.807, 2.05) is 48.5 Å². The zero-order valence-electron chi connectivity index (χ0n) is 14.1. The number of amides is 1. The summed E-state index contributed by atoms with van der Waals surface area (Å²) in [5.74, 6) is 1.17. The van der Waals surface area contributed by atoms with Crippen LogP contribution in [-0.4, -0.2) is 34.1 Å². The molecule has 1 aliphatic heterocycles. The van der Waals surface area contributed by atoms with Gasteiger partial charge in [-0.1, -0.05) is 41.6 Å². The van der Waals surface area contributed by atoms with Crippen LogP contribution in [0, 0.1) is 0 Å². The number of nitrogens with zero attached hydrogens (tertiary/aromatic N) is 3. The molecule has 0 fully saturated rings. The van der Waals surface area contributed by atoms with Crippen molar-refractivity contribution in [1.82, 2.24) is 20.3 Å². The summed E-state index contributed by atoms with van der Waals surface area (Å²) in [7, 11) is 0. The lowest BCUT2D eigenvalue weighted by molar-refractivity contribution is 0.0945. The SMILES string of the molecule is O=C(NCc1ccc2c(c1)OCCO2)c1cn(Cc2ccccc2)nn1. The Morgan fingerprint density at radius 1 is 1.04 bits per heavy atom. The van der Waals surface area contributed by atoms with E-state index in [0.717, 1.165) is 16.9 Å². The van der Waals surface area contributed by atoms with E-state index in [2.05, 4.69) is 15.6 Å². The van der Waals surface area contributed by atoms with Crippen LogP contribution in [-0.2, 0) is 13.1 Å². The highest BCUT2D eigenvalue weighted by molar-refractivity contribution is 5.91. The normalized spacial score (nSPS) is 12.6. The van der Waals surface area contributed by atoms with Crippen LogP contribution >= 0.6 is 0 Å². The van der Waals surface area contributed by atoms with Gasteiger partial charge in [-0.3, -0.25) is 4.79 Å². The number of ether oxygens (including phenoxy) is 2. The van der Waals surface area contributed by atoms with Gasteiger partial charge in [0.1, 0.15) is 13.2 Å². The fourth-order valence-corrected chi connectivity index (χ4v) is 2.72. The second-order valence-electron chi connectivity index (χ2n) is 5.95. The zero-order chi connectivity index (χ0) is 17.8. The van der Waals surface area contributed by atoms with E-state index < -0.39 is 0 Å². The summed E-state index contributed by atoms with van der Waals surface area (Å²) in [6.45, 7) is 2.04. The number of hydrogen-bond donors (Lipinski definition) is 1. The molecule has 1 amide bonds. The molecule has 7 nitrogen and oxygen atoms in total. The lowest BCUT2D eigenvalue weighted by Gasteiger charge is -2.18. The molecule has 7 heteroatoms. The third kappa shape index (κ3) is 3.66. The lowest BCUT2D eigenvalue weighted by atomic mass is 10.2. The van der Waals surface area contributed by atoms with Crippen molar-refractivity contribution in [2.45, 2.75) is 13.1 Å². The van der Waals surface area contributed by atoms with Crippen LogP contribution in [0.25, 0.3) is 0 Å². The molecule has 1 aliphatic rings. The monoisotopic (exact) mass is 350 g/mol. The molecule has 3 aromatic rings. The van der Waals surface area contributed by atoms with Crippen molar-refractivity contribution in [3.05, 3.63) is 71.5 Å². The van der Waals surface area contributed by atoms with E-state index in [1.165, 1.54) is 0 Å². The van der Waals surface area contributed by atoms with Gasteiger partial charge in [0, 0.05) is 6.54 Å². The molecule has 0 aliphatic carbocycles. The Kier molecular flexibility index (Phi) is 4.51. The molecule has 2 aromatic carbocycles. The molecule has 1 N–H and O–H groups in total. The summed E-state index contributed by atoms with van der Waals surface area (Å²) in [4.78, 5) is 12.3. The topological polar surface area (TPSA) is 78.3 Å². The van der Waals surface area contributed by atoms with Gasteiger partial charge in [-0.15, -0.1) is 5.10 Å². The first kappa shape index (κ1) is 16.1. The molecule has 0 saturated carbocycles. The van der Waals surface area contributed by atoms with Crippen molar-refractivity contribution < 1.29 is 14.3 Å². The Hall–Kier alpha value is -3.35. The number of aromatic nitrogens is 3. The van der Waals surface area contributed by atoms with Crippen LogP contribution in [0.4, 0.5) is 0 Å². The van der Waals surface area contributed by atoms with Gasteiger partial charge < -0.3 is 14.8 Å². The third-order valence-electron chi connectivity index (χ3n) is 4.02. The van der Waals surface area contributed by atoms with E-state index in [9.17, 15) is 4.79 Å².